The third-order valence-electron chi connectivity index (χ3n) is 4.42. The van der Waals surface area contributed by atoms with Crippen molar-refractivity contribution in [2.45, 2.75) is 25.7 Å². The second-order valence-electron chi connectivity index (χ2n) is 6.06. The highest BCUT2D eigenvalue weighted by atomic mass is 16.5. The van der Waals surface area contributed by atoms with Gasteiger partial charge in [0.1, 0.15) is 11.5 Å². The quantitative estimate of drug-likeness (QED) is 0.868. The number of ether oxygens (including phenoxy) is 2. The van der Waals surface area contributed by atoms with Gasteiger partial charge in [-0.2, -0.15) is 0 Å². The lowest BCUT2D eigenvalue weighted by molar-refractivity contribution is -0.128. The van der Waals surface area contributed by atoms with Crippen LogP contribution in [0.4, 0.5) is 5.69 Å². The number of nitrogens with one attached hydrogen (secondary N) is 2. The summed E-state index contributed by atoms with van der Waals surface area (Å²) in [5, 5.41) is 5.50. The first-order chi connectivity index (χ1) is 12.0. The molecule has 7 nitrogen and oxygen atoms in total. The molecule has 0 radical (unpaired) electrons. The van der Waals surface area contributed by atoms with E-state index < -0.39 is 5.92 Å². The van der Waals surface area contributed by atoms with Gasteiger partial charge in [-0.1, -0.05) is 0 Å². The number of anilines is 1. The van der Waals surface area contributed by atoms with Crippen molar-refractivity contribution >= 4 is 23.3 Å². The Morgan fingerprint density at radius 3 is 2.44 bits per heavy atom. The number of methoxy groups -OCH3 is 2. The lowest BCUT2D eigenvalue weighted by atomic mass is 9.81. The van der Waals surface area contributed by atoms with Gasteiger partial charge in [0.2, 0.25) is 11.8 Å². The number of rotatable bonds is 4. The van der Waals surface area contributed by atoms with E-state index in [1.807, 2.05) is 0 Å². The van der Waals surface area contributed by atoms with Gasteiger partial charge in [-0.05, 0) is 12.8 Å². The van der Waals surface area contributed by atoms with Crippen LogP contribution < -0.4 is 20.1 Å². The fourth-order valence-corrected chi connectivity index (χ4v) is 3.24. The van der Waals surface area contributed by atoms with Crippen LogP contribution in [0.3, 0.4) is 0 Å². The Bertz CT molecular complexity index is 746. The minimum Gasteiger partial charge on any atom is -0.497 e. The van der Waals surface area contributed by atoms with Crippen LogP contribution in [0.5, 0.6) is 11.5 Å². The van der Waals surface area contributed by atoms with Crippen LogP contribution >= 0.6 is 0 Å². The summed E-state index contributed by atoms with van der Waals surface area (Å²) in [6, 6.07) is 5.00. The number of hydrogen-bond donors (Lipinski definition) is 2. The molecule has 0 bridgehead atoms. The van der Waals surface area contributed by atoms with Crippen molar-refractivity contribution in [2.24, 2.45) is 5.92 Å². The first kappa shape index (κ1) is 17.0. The average molecular weight is 344 g/mol. The van der Waals surface area contributed by atoms with Gasteiger partial charge >= 0.3 is 0 Å². The summed E-state index contributed by atoms with van der Waals surface area (Å²) in [7, 11) is 3.03. The summed E-state index contributed by atoms with van der Waals surface area (Å²) >= 11 is 0. The number of ketones is 1. The minimum atomic E-state index is -0.770. The lowest BCUT2D eigenvalue weighted by Gasteiger charge is -2.30. The normalized spacial score (nSPS) is 19.8. The zero-order valence-electron chi connectivity index (χ0n) is 14.2. The molecule has 2 amide bonds. The second kappa shape index (κ2) is 6.96. The molecule has 0 spiro atoms. The molecule has 1 aliphatic heterocycles. The molecule has 2 aliphatic rings. The van der Waals surface area contributed by atoms with Gasteiger partial charge in [0.25, 0.3) is 0 Å². The number of hydrogen-bond acceptors (Lipinski definition) is 5. The Morgan fingerprint density at radius 1 is 1.12 bits per heavy atom. The summed E-state index contributed by atoms with van der Waals surface area (Å²) in [6.45, 7) is 0. The average Bonchev–Trinajstić information content (AvgIpc) is 2.60. The van der Waals surface area contributed by atoms with Crippen molar-refractivity contribution in [1.82, 2.24) is 5.32 Å². The summed E-state index contributed by atoms with van der Waals surface area (Å²) in [6.07, 6.45) is 1.69. The molecule has 7 heteroatoms. The number of benzene rings is 1. The number of carbonyl (C=O) groups is 3. The van der Waals surface area contributed by atoms with Gasteiger partial charge in [-0.15, -0.1) is 0 Å². The Balaban J connectivity index is 1.87. The molecule has 1 aliphatic carbocycles. The van der Waals surface area contributed by atoms with Crippen LogP contribution in [0.25, 0.3) is 0 Å². The van der Waals surface area contributed by atoms with Crippen molar-refractivity contribution in [2.75, 3.05) is 19.5 Å². The molecule has 0 fully saturated rings. The molecule has 0 saturated carbocycles. The van der Waals surface area contributed by atoms with Crippen LogP contribution in [-0.4, -0.2) is 31.8 Å². The molecule has 1 heterocycles. The summed E-state index contributed by atoms with van der Waals surface area (Å²) < 4.78 is 10.4. The van der Waals surface area contributed by atoms with Crippen molar-refractivity contribution in [3.63, 3.8) is 0 Å². The topological polar surface area (TPSA) is 93.7 Å². The SMILES string of the molecule is COc1cc(NC(=O)[C@H]2CC(=O)NC3=C2C(=O)CCC3)cc(OC)c1. The third kappa shape index (κ3) is 3.50. The van der Waals surface area contributed by atoms with Crippen LogP contribution in [-0.2, 0) is 14.4 Å². The van der Waals surface area contributed by atoms with E-state index in [0.717, 1.165) is 0 Å². The molecule has 0 aromatic heterocycles. The van der Waals surface area contributed by atoms with E-state index in [9.17, 15) is 14.4 Å². The summed E-state index contributed by atoms with van der Waals surface area (Å²) in [4.78, 5) is 36.9. The molecule has 3 rings (SSSR count). The fraction of sp³-hybridized carbons (Fsp3) is 0.389. The van der Waals surface area contributed by atoms with Crippen LogP contribution in [0.1, 0.15) is 25.7 Å². The minimum absolute atomic E-state index is 0.0302. The first-order valence-corrected chi connectivity index (χ1v) is 8.12. The zero-order valence-corrected chi connectivity index (χ0v) is 14.2. The number of allylic oxidation sites excluding steroid dienone is 1. The van der Waals surface area contributed by atoms with E-state index in [1.54, 1.807) is 18.2 Å². The maximum Gasteiger partial charge on any atom is 0.232 e. The largest absolute Gasteiger partial charge is 0.497 e. The predicted octanol–water partition coefficient (Wildman–Crippen LogP) is 1.79. The highest BCUT2D eigenvalue weighted by Crippen LogP contribution is 2.33. The molecule has 25 heavy (non-hydrogen) atoms. The van der Waals surface area contributed by atoms with Gasteiger partial charge in [0, 0.05) is 48.0 Å². The Hall–Kier alpha value is -2.83. The molecular formula is C18H20N2O5. The van der Waals surface area contributed by atoms with Crippen LogP contribution in [0.15, 0.2) is 29.5 Å². The highest BCUT2D eigenvalue weighted by molar-refractivity contribution is 6.09. The van der Waals surface area contributed by atoms with E-state index in [2.05, 4.69) is 10.6 Å². The Labute approximate surface area is 145 Å². The number of carbonyl (C=O) groups excluding carboxylic acids is 3. The van der Waals surface area contributed by atoms with Crippen molar-refractivity contribution in [3.8, 4) is 11.5 Å². The molecule has 1 aromatic rings. The molecule has 0 unspecified atom stereocenters. The smallest absolute Gasteiger partial charge is 0.232 e. The van der Waals surface area contributed by atoms with Gasteiger partial charge < -0.3 is 20.1 Å². The Kier molecular flexibility index (Phi) is 4.74. The van der Waals surface area contributed by atoms with Gasteiger partial charge in [-0.3, -0.25) is 14.4 Å². The van der Waals surface area contributed by atoms with Crippen molar-refractivity contribution < 1.29 is 23.9 Å². The van der Waals surface area contributed by atoms with Gasteiger partial charge in [-0.25, -0.2) is 0 Å². The van der Waals surface area contributed by atoms with Gasteiger partial charge in [0.15, 0.2) is 5.78 Å². The standard InChI is InChI=1S/C18H20N2O5/c1-24-11-6-10(7-12(8-11)25-2)19-18(23)13-9-16(22)20-14-4-3-5-15(21)17(13)14/h6-8,13H,3-5,9H2,1-2H3,(H,19,23)(H,20,22)/t13-/m0/s1. The van der Waals surface area contributed by atoms with Gasteiger partial charge in [0.05, 0.1) is 20.1 Å². The maximum absolute atomic E-state index is 12.8. The summed E-state index contributed by atoms with van der Waals surface area (Å²) in [5.74, 6) is -0.391. The predicted molar refractivity (Wildman–Crippen MR) is 90.3 cm³/mol. The molecule has 1 aromatic carbocycles. The molecule has 0 saturated heterocycles. The van der Waals surface area contributed by atoms with Crippen LogP contribution in [0, 0.1) is 5.92 Å². The molecule has 2 N–H and O–H groups in total. The van der Waals surface area contributed by atoms with E-state index in [4.69, 9.17) is 9.47 Å². The van der Waals surface area contributed by atoms with Crippen LogP contribution in [0.2, 0.25) is 0 Å². The first-order valence-electron chi connectivity index (χ1n) is 8.12. The number of amides is 2. The monoisotopic (exact) mass is 344 g/mol. The maximum atomic E-state index is 12.8. The van der Waals surface area contributed by atoms with E-state index in [1.165, 1.54) is 14.2 Å². The third-order valence-corrected chi connectivity index (χ3v) is 4.42. The van der Waals surface area contributed by atoms with E-state index in [-0.39, 0.29) is 24.0 Å². The second-order valence-corrected chi connectivity index (χ2v) is 6.06. The zero-order chi connectivity index (χ0) is 18.0. The fourth-order valence-electron chi connectivity index (χ4n) is 3.24. The molecule has 132 valence electrons. The summed E-state index contributed by atoms with van der Waals surface area (Å²) in [5.41, 5.74) is 1.52. The van der Waals surface area contributed by atoms with Crippen molar-refractivity contribution in [3.05, 3.63) is 29.5 Å². The lowest BCUT2D eigenvalue weighted by Crippen LogP contribution is -2.41. The van der Waals surface area contributed by atoms with Crippen molar-refractivity contribution in [1.29, 1.82) is 0 Å². The molecule has 1 atom stereocenters. The van der Waals surface area contributed by atoms with E-state index >= 15 is 0 Å². The molecular weight excluding hydrogens is 324 g/mol. The Morgan fingerprint density at radius 2 is 1.80 bits per heavy atom. The van der Waals surface area contributed by atoms with E-state index in [0.29, 0.717) is 47.7 Å². The number of Topliss-reactive ketones (excluding diaryl/α,β-unsaturated/α-hetero) is 1. The highest BCUT2D eigenvalue weighted by Gasteiger charge is 2.37.